The van der Waals surface area contributed by atoms with E-state index in [-0.39, 0.29) is 23.9 Å². The predicted molar refractivity (Wildman–Crippen MR) is 115 cm³/mol. The Morgan fingerprint density at radius 2 is 1.71 bits per heavy atom. The molecule has 1 aliphatic rings. The maximum Gasteiger partial charge on any atom is 0.505 e. The molecule has 0 aromatic carbocycles. The SMILES string of the molecule is CC(C)(C)OC(=O)/C(C#N)=C\c1cc2sc(B3OC(C)(C)C(C)(C)O3)cc2s1. The fraction of sp³-hybridized carbons (Fsp3) is 0.500. The van der Waals surface area contributed by atoms with Crippen LogP contribution in [0.5, 0.6) is 0 Å². The fourth-order valence-corrected chi connectivity index (χ4v) is 4.95. The lowest BCUT2D eigenvalue weighted by molar-refractivity contribution is -0.149. The summed E-state index contributed by atoms with van der Waals surface area (Å²) in [7, 11) is -0.384. The minimum Gasteiger partial charge on any atom is -0.456 e. The van der Waals surface area contributed by atoms with Gasteiger partial charge < -0.3 is 14.0 Å². The van der Waals surface area contributed by atoms with Gasteiger partial charge in [-0.2, -0.15) is 5.26 Å². The van der Waals surface area contributed by atoms with Crippen LogP contribution in [0, 0.1) is 11.3 Å². The molecule has 3 heterocycles. The van der Waals surface area contributed by atoms with Gasteiger partial charge in [0.1, 0.15) is 17.2 Å². The quantitative estimate of drug-likeness (QED) is 0.318. The van der Waals surface area contributed by atoms with Gasteiger partial charge in [-0.3, -0.25) is 0 Å². The number of nitriles is 1. The van der Waals surface area contributed by atoms with Crippen LogP contribution in [0.25, 0.3) is 15.5 Å². The van der Waals surface area contributed by atoms with Crippen LogP contribution in [-0.4, -0.2) is 29.9 Å². The summed E-state index contributed by atoms with van der Waals surface area (Å²) >= 11 is 3.12. The van der Waals surface area contributed by atoms with Crippen LogP contribution in [0.3, 0.4) is 0 Å². The Balaban J connectivity index is 1.83. The molecule has 2 aromatic rings. The lowest BCUT2D eigenvalue weighted by Gasteiger charge is -2.32. The highest BCUT2D eigenvalue weighted by Gasteiger charge is 2.52. The number of carbonyl (C=O) groups excluding carboxylic acids is 1. The Labute approximate surface area is 174 Å². The molecule has 0 atom stereocenters. The number of hydrogen-bond donors (Lipinski definition) is 0. The predicted octanol–water partition coefficient (Wildman–Crippen LogP) is 4.51. The third kappa shape index (κ3) is 4.18. The fourth-order valence-electron chi connectivity index (χ4n) is 2.63. The van der Waals surface area contributed by atoms with E-state index < -0.39 is 11.6 Å². The molecule has 5 nitrogen and oxygen atoms in total. The first-order valence-electron chi connectivity index (χ1n) is 9.05. The van der Waals surface area contributed by atoms with Crippen molar-refractivity contribution in [2.45, 2.75) is 65.3 Å². The van der Waals surface area contributed by atoms with Gasteiger partial charge in [-0.1, -0.05) is 0 Å². The summed E-state index contributed by atoms with van der Waals surface area (Å²) in [5.74, 6) is -0.607. The van der Waals surface area contributed by atoms with E-state index in [1.54, 1.807) is 38.2 Å². The van der Waals surface area contributed by atoms with Crippen LogP contribution in [0.4, 0.5) is 0 Å². The van der Waals surface area contributed by atoms with E-state index in [2.05, 4.69) is 6.07 Å². The highest BCUT2D eigenvalue weighted by Crippen LogP contribution is 2.38. The number of nitrogens with zero attached hydrogens (tertiary/aromatic N) is 1. The molecule has 0 spiro atoms. The largest absolute Gasteiger partial charge is 0.505 e. The van der Waals surface area contributed by atoms with Gasteiger partial charge in [0.15, 0.2) is 0 Å². The molecule has 8 heteroatoms. The summed E-state index contributed by atoms with van der Waals surface area (Å²) in [6, 6.07) is 5.97. The van der Waals surface area contributed by atoms with Gasteiger partial charge >= 0.3 is 13.1 Å². The number of hydrogen-bond acceptors (Lipinski definition) is 7. The van der Waals surface area contributed by atoms with Crippen LogP contribution in [0.1, 0.15) is 53.3 Å². The van der Waals surface area contributed by atoms with Crippen molar-refractivity contribution in [2.75, 3.05) is 0 Å². The van der Waals surface area contributed by atoms with Gasteiger partial charge in [0.05, 0.1) is 11.2 Å². The van der Waals surface area contributed by atoms with Crippen molar-refractivity contribution in [1.29, 1.82) is 5.26 Å². The van der Waals surface area contributed by atoms with E-state index in [0.717, 1.165) is 19.1 Å². The molecule has 0 radical (unpaired) electrons. The molecular formula is C20H24BNO4S2. The smallest absolute Gasteiger partial charge is 0.456 e. The van der Waals surface area contributed by atoms with Crippen molar-refractivity contribution < 1.29 is 18.8 Å². The van der Waals surface area contributed by atoms with Gasteiger partial charge in [-0.25, -0.2) is 4.79 Å². The molecule has 1 saturated heterocycles. The molecule has 0 saturated carbocycles. The van der Waals surface area contributed by atoms with Gasteiger partial charge in [-0.15, -0.1) is 22.7 Å². The minimum atomic E-state index is -0.638. The molecule has 148 valence electrons. The van der Waals surface area contributed by atoms with Crippen molar-refractivity contribution in [2.24, 2.45) is 0 Å². The maximum absolute atomic E-state index is 12.2. The van der Waals surface area contributed by atoms with Crippen LogP contribution in [-0.2, 0) is 18.8 Å². The molecule has 0 N–H and O–H groups in total. The Kier molecular flexibility index (Phi) is 5.26. The van der Waals surface area contributed by atoms with E-state index in [9.17, 15) is 10.1 Å². The number of ether oxygens (including phenoxy) is 1. The number of carbonyl (C=O) groups is 1. The van der Waals surface area contributed by atoms with Crippen LogP contribution < -0.4 is 4.78 Å². The van der Waals surface area contributed by atoms with E-state index in [4.69, 9.17) is 14.0 Å². The first-order chi connectivity index (χ1) is 12.8. The first-order valence-corrected chi connectivity index (χ1v) is 10.7. The lowest BCUT2D eigenvalue weighted by atomic mass is 9.88. The second-order valence-electron chi connectivity index (χ2n) is 8.79. The molecule has 28 heavy (non-hydrogen) atoms. The highest BCUT2D eigenvalue weighted by atomic mass is 32.1. The summed E-state index contributed by atoms with van der Waals surface area (Å²) in [6.45, 7) is 13.5. The molecule has 2 aromatic heterocycles. The second-order valence-corrected chi connectivity index (χ2v) is 11.0. The minimum absolute atomic E-state index is 0.00462. The standard InChI is InChI=1S/C20H24BNO4S2/c1-18(2,3)24-17(23)12(11-22)8-13-9-14-15(27-13)10-16(28-14)21-25-19(4,5)20(6,7)26-21/h8-10H,1-7H3/b12-8-. The molecule has 3 rings (SSSR count). The van der Waals surface area contributed by atoms with E-state index >= 15 is 0 Å². The van der Waals surface area contributed by atoms with Crippen molar-refractivity contribution in [3.8, 4) is 6.07 Å². The molecular weight excluding hydrogens is 393 g/mol. The summed E-state index contributed by atoms with van der Waals surface area (Å²) in [4.78, 5) is 13.0. The molecule has 0 bridgehead atoms. The molecule has 0 amide bonds. The maximum atomic E-state index is 12.2. The zero-order valence-electron chi connectivity index (χ0n) is 17.2. The van der Waals surface area contributed by atoms with Gasteiger partial charge in [0.2, 0.25) is 0 Å². The number of rotatable bonds is 3. The van der Waals surface area contributed by atoms with Crippen molar-refractivity contribution >= 4 is 56.0 Å². The number of esters is 1. The van der Waals surface area contributed by atoms with Gasteiger partial charge in [0.25, 0.3) is 0 Å². The van der Waals surface area contributed by atoms with E-state index in [1.807, 2.05) is 39.8 Å². The van der Waals surface area contributed by atoms with Crippen molar-refractivity contribution in [1.82, 2.24) is 0 Å². The molecule has 0 unspecified atom stereocenters. The Bertz CT molecular complexity index is 941. The van der Waals surface area contributed by atoms with Gasteiger partial charge in [-0.05, 0) is 66.7 Å². The number of fused-ring (bicyclic) bond motifs is 1. The first kappa shape index (κ1) is 21.1. The Hall–Kier alpha value is -1.66. The lowest BCUT2D eigenvalue weighted by Crippen LogP contribution is -2.41. The summed E-state index contributed by atoms with van der Waals surface area (Å²) < 4.78 is 20.7. The average Bonchev–Trinajstić information content (AvgIpc) is 3.13. The summed E-state index contributed by atoms with van der Waals surface area (Å²) in [6.07, 6.45) is 1.58. The van der Waals surface area contributed by atoms with E-state index in [0.29, 0.717) is 0 Å². The average molecular weight is 417 g/mol. The van der Waals surface area contributed by atoms with Crippen LogP contribution in [0.2, 0.25) is 0 Å². The van der Waals surface area contributed by atoms with Crippen molar-refractivity contribution in [3.05, 3.63) is 22.6 Å². The number of thiophene rings is 2. The third-order valence-electron chi connectivity index (χ3n) is 4.76. The van der Waals surface area contributed by atoms with Gasteiger partial charge in [0, 0.05) is 19.1 Å². The Morgan fingerprint density at radius 1 is 1.14 bits per heavy atom. The monoisotopic (exact) mass is 417 g/mol. The van der Waals surface area contributed by atoms with Crippen molar-refractivity contribution in [3.63, 3.8) is 0 Å². The van der Waals surface area contributed by atoms with Crippen LogP contribution >= 0.6 is 22.7 Å². The molecule has 1 aliphatic heterocycles. The Morgan fingerprint density at radius 3 is 2.21 bits per heavy atom. The van der Waals surface area contributed by atoms with Crippen LogP contribution in [0.15, 0.2) is 17.7 Å². The second kappa shape index (κ2) is 6.99. The zero-order chi connectivity index (χ0) is 20.9. The molecule has 0 aliphatic carbocycles. The molecule has 1 fully saturated rings. The zero-order valence-corrected chi connectivity index (χ0v) is 18.8. The third-order valence-corrected chi connectivity index (χ3v) is 7.02. The normalized spacial score (nSPS) is 19.1. The highest BCUT2D eigenvalue weighted by molar-refractivity contribution is 7.33. The van der Waals surface area contributed by atoms with E-state index in [1.165, 1.54) is 11.3 Å². The summed E-state index contributed by atoms with van der Waals surface area (Å²) in [5.41, 5.74) is -1.40. The summed E-state index contributed by atoms with van der Waals surface area (Å²) in [5, 5.41) is 9.32. The topological polar surface area (TPSA) is 68.6 Å².